The molecule has 114 valence electrons. The summed E-state index contributed by atoms with van der Waals surface area (Å²) in [4.78, 5) is 23.6. The number of aliphatic carboxylic acids is 1. The van der Waals surface area contributed by atoms with Crippen molar-refractivity contribution in [1.29, 1.82) is 0 Å². The third-order valence-electron chi connectivity index (χ3n) is 4.10. The van der Waals surface area contributed by atoms with Gasteiger partial charge in [0, 0.05) is 18.0 Å². The predicted octanol–water partition coefficient (Wildman–Crippen LogP) is 2.94. The number of ketones is 1. The van der Waals surface area contributed by atoms with E-state index < -0.39 is 12.0 Å². The van der Waals surface area contributed by atoms with E-state index in [-0.39, 0.29) is 18.2 Å². The summed E-state index contributed by atoms with van der Waals surface area (Å²) in [6.07, 6.45) is 5.50. The third kappa shape index (κ3) is 4.67. The van der Waals surface area contributed by atoms with Crippen LogP contribution >= 0.6 is 0 Å². The van der Waals surface area contributed by atoms with Gasteiger partial charge in [-0.05, 0) is 19.8 Å². The fraction of sp³-hybridized carbons (Fsp3) is 0.529. The zero-order chi connectivity index (χ0) is 15.2. The highest BCUT2D eigenvalue weighted by Crippen LogP contribution is 2.18. The number of hydrogen-bond acceptors (Lipinski definition) is 3. The fourth-order valence-electron chi connectivity index (χ4n) is 2.81. The lowest BCUT2D eigenvalue weighted by molar-refractivity contribution is -0.139. The van der Waals surface area contributed by atoms with Gasteiger partial charge in [-0.25, -0.2) is 0 Å². The van der Waals surface area contributed by atoms with Crippen LogP contribution < -0.4 is 5.32 Å². The molecule has 2 N–H and O–H groups in total. The number of carbonyl (C=O) groups excluding carboxylic acids is 1. The minimum absolute atomic E-state index is 0.00882. The Labute approximate surface area is 125 Å². The molecule has 4 heteroatoms. The Hall–Kier alpha value is -1.68. The van der Waals surface area contributed by atoms with Gasteiger partial charge in [-0.1, -0.05) is 49.1 Å². The zero-order valence-electron chi connectivity index (χ0n) is 12.5. The summed E-state index contributed by atoms with van der Waals surface area (Å²) in [7, 11) is 0. The number of benzene rings is 1. The minimum atomic E-state index is -0.943. The maximum absolute atomic E-state index is 12.2. The van der Waals surface area contributed by atoms with Gasteiger partial charge in [0.05, 0.1) is 0 Å². The van der Waals surface area contributed by atoms with Crippen molar-refractivity contribution in [3.63, 3.8) is 0 Å². The SMILES string of the molecule is Cc1ccc(C(=O)C[C@H](NC2CCCCC2)C(=O)O)cc1. The summed E-state index contributed by atoms with van der Waals surface area (Å²) in [6, 6.07) is 6.70. The Bertz CT molecular complexity index is 489. The lowest BCUT2D eigenvalue weighted by Crippen LogP contribution is -2.45. The molecule has 0 amide bonds. The molecule has 2 rings (SSSR count). The van der Waals surface area contributed by atoms with E-state index >= 15 is 0 Å². The number of carboxylic acid groups (broad SMARTS) is 1. The Morgan fingerprint density at radius 2 is 1.81 bits per heavy atom. The van der Waals surface area contributed by atoms with Gasteiger partial charge in [0.15, 0.2) is 5.78 Å². The molecule has 0 aliphatic heterocycles. The Morgan fingerprint density at radius 1 is 1.19 bits per heavy atom. The van der Waals surface area contributed by atoms with Crippen molar-refractivity contribution < 1.29 is 14.7 Å². The summed E-state index contributed by atoms with van der Waals surface area (Å²) in [6.45, 7) is 1.96. The molecule has 0 aromatic heterocycles. The monoisotopic (exact) mass is 289 g/mol. The smallest absolute Gasteiger partial charge is 0.321 e. The molecule has 0 spiro atoms. The highest BCUT2D eigenvalue weighted by Gasteiger charge is 2.25. The summed E-state index contributed by atoms with van der Waals surface area (Å²) >= 11 is 0. The van der Waals surface area contributed by atoms with E-state index in [0.717, 1.165) is 31.2 Å². The van der Waals surface area contributed by atoms with Crippen LogP contribution in [0.5, 0.6) is 0 Å². The Balaban J connectivity index is 1.96. The molecular weight excluding hydrogens is 266 g/mol. The van der Waals surface area contributed by atoms with Gasteiger partial charge in [0.2, 0.25) is 0 Å². The van der Waals surface area contributed by atoms with Crippen LogP contribution in [0.4, 0.5) is 0 Å². The number of aryl methyl sites for hydroxylation is 1. The van der Waals surface area contributed by atoms with Crippen LogP contribution in [-0.2, 0) is 4.79 Å². The van der Waals surface area contributed by atoms with Gasteiger partial charge in [0.1, 0.15) is 6.04 Å². The maximum Gasteiger partial charge on any atom is 0.321 e. The van der Waals surface area contributed by atoms with Crippen LogP contribution in [0.3, 0.4) is 0 Å². The number of nitrogens with one attached hydrogen (secondary N) is 1. The number of carbonyl (C=O) groups is 2. The van der Waals surface area contributed by atoms with Crippen LogP contribution in [-0.4, -0.2) is 28.9 Å². The summed E-state index contributed by atoms with van der Waals surface area (Å²) in [5, 5.41) is 12.5. The first-order valence-electron chi connectivity index (χ1n) is 7.65. The normalized spacial score (nSPS) is 17.4. The van der Waals surface area contributed by atoms with E-state index in [9.17, 15) is 14.7 Å². The zero-order valence-corrected chi connectivity index (χ0v) is 12.5. The van der Waals surface area contributed by atoms with Gasteiger partial charge in [-0.15, -0.1) is 0 Å². The predicted molar refractivity (Wildman–Crippen MR) is 81.6 cm³/mol. The van der Waals surface area contributed by atoms with Crippen LogP contribution in [0.15, 0.2) is 24.3 Å². The first-order valence-corrected chi connectivity index (χ1v) is 7.65. The average Bonchev–Trinajstić information content (AvgIpc) is 2.48. The topological polar surface area (TPSA) is 66.4 Å². The van der Waals surface area contributed by atoms with E-state index in [0.29, 0.717) is 5.56 Å². The summed E-state index contributed by atoms with van der Waals surface area (Å²) in [5.41, 5.74) is 1.67. The molecule has 21 heavy (non-hydrogen) atoms. The Kier molecular flexibility index (Phi) is 5.51. The molecule has 4 nitrogen and oxygen atoms in total. The molecule has 1 fully saturated rings. The van der Waals surface area contributed by atoms with Gasteiger partial charge in [-0.3, -0.25) is 9.59 Å². The molecule has 1 saturated carbocycles. The lowest BCUT2D eigenvalue weighted by Gasteiger charge is -2.26. The highest BCUT2D eigenvalue weighted by molar-refractivity contribution is 5.98. The van der Waals surface area contributed by atoms with Crippen LogP contribution in [0.1, 0.15) is 54.4 Å². The molecule has 0 saturated heterocycles. The number of carboxylic acids is 1. The molecule has 0 radical (unpaired) electrons. The average molecular weight is 289 g/mol. The molecule has 1 aromatic carbocycles. The highest BCUT2D eigenvalue weighted by atomic mass is 16.4. The fourth-order valence-corrected chi connectivity index (χ4v) is 2.81. The van der Waals surface area contributed by atoms with Gasteiger partial charge in [-0.2, -0.15) is 0 Å². The molecule has 1 atom stereocenters. The third-order valence-corrected chi connectivity index (χ3v) is 4.10. The number of hydrogen-bond donors (Lipinski definition) is 2. The number of rotatable bonds is 6. The summed E-state index contributed by atoms with van der Waals surface area (Å²) < 4.78 is 0. The van der Waals surface area contributed by atoms with Crippen molar-refractivity contribution in [2.75, 3.05) is 0 Å². The molecule has 1 aliphatic carbocycles. The van der Waals surface area contributed by atoms with Crippen molar-refractivity contribution in [3.8, 4) is 0 Å². The maximum atomic E-state index is 12.2. The van der Waals surface area contributed by atoms with Crippen molar-refractivity contribution in [2.45, 2.75) is 57.5 Å². The molecule has 0 unspecified atom stereocenters. The quantitative estimate of drug-likeness (QED) is 0.790. The van der Waals surface area contributed by atoms with Crippen molar-refractivity contribution in [3.05, 3.63) is 35.4 Å². The van der Waals surface area contributed by atoms with Gasteiger partial charge in [0.25, 0.3) is 0 Å². The van der Waals surface area contributed by atoms with Crippen LogP contribution in [0, 0.1) is 6.92 Å². The molecule has 1 aromatic rings. The first kappa shape index (κ1) is 15.7. The standard InChI is InChI=1S/C17H23NO3/c1-12-7-9-13(10-8-12)16(19)11-15(17(20)21)18-14-5-3-2-4-6-14/h7-10,14-15,18H,2-6,11H2,1H3,(H,20,21)/t15-/m0/s1. The lowest BCUT2D eigenvalue weighted by atomic mass is 9.94. The Morgan fingerprint density at radius 3 is 2.38 bits per heavy atom. The second-order valence-electron chi connectivity index (χ2n) is 5.89. The first-order chi connectivity index (χ1) is 10.1. The second kappa shape index (κ2) is 7.36. The summed E-state index contributed by atoms with van der Waals surface area (Å²) in [5.74, 6) is -1.06. The van der Waals surface area contributed by atoms with Crippen LogP contribution in [0.2, 0.25) is 0 Å². The number of Topliss-reactive ketones (excluding diaryl/α,β-unsaturated/α-hetero) is 1. The van der Waals surface area contributed by atoms with Crippen molar-refractivity contribution in [2.24, 2.45) is 0 Å². The van der Waals surface area contributed by atoms with Crippen molar-refractivity contribution >= 4 is 11.8 Å². The van der Waals surface area contributed by atoms with Crippen molar-refractivity contribution in [1.82, 2.24) is 5.32 Å². The van der Waals surface area contributed by atoms with E-state index in [2.05, 4.69) is 5.32 Å². The molecular formula is C17H23NO3. The second-order valence-corrected chi connectivity index (χ2v) is 5.89. The van der Waals surface area contributed by atoms with E-state index in [4.69, 9.17) is 0 Å². The van der Waals surface area contributed by atoms with Gasteiger partial charge >= 0.3 is 5.97 Å². The molecule has 0 bridgehead atoms. The molecule has 0 heterocycles. The minimum Gasteiger partial charge on any atom is -0.480 e. The van der Waals surface area contributed by atoms with Crippen LogP contribution in [0.25, 0.3) is 0 Å². The van der Waals surface area contributed by atoms with Gasteiger partial charge < -0.3 is 10.4 Å². The largest absolute Gasteiger partial charge is 0.480 e. The van der Waals surface area contributed by atoms with E-state index in [1.807, 2.05) is 19.1 Å². The van der Waals surface area contributed by atoms with E-state index in [1.165, 1.54) is 6.42 Å². The molecule has 1 aliphatic rings. The van der Waals surface area contributed by atoms with E-state index in [1.54, 1.807) is 12.1 Å².